The summed E-state index contributed by atoms with van der Waals surface area (Å²) in [6, 6.07) is 21.6. The Hall–Kier alpha value is -3.20. The number of ether oxygens (including phenoxy) is 4. The van der Waals surface area contributed by atoms with E-state index in [0.717, 1.165) is 46.6 Å². The molecule has 0 radical (unpaired) electrons. The van der Waals surface area contributed by atoms with Gasteiger partial charge in [-0.15, -0.1) is 22.7 Å². The molecule has 0 aliphatic carbocycles. The van der Waals surface area contributed by atoms with Crippen LogP contribution in [0.5, 0.6) is 0 Å². The van der Waals surface area contributed by atoms with Gasteiger partial charge in [0.2, 0.25) is 0 Å². The highest BCUT2D eigenvalue weighted by Gasteiger charge is 2.49. The zero-order chi connectivity index (χ0) is 48.7. The third-order valence-corrected chi connectivity index (χ3v) is 14.3. The van der Waals surface area contributed by atoms with Crippen molar-refractivity contribution in [2.45, 2.75) is 168 Å². The number of morpholine rings is 2. The Labute approximate surface area is 418 Å². The van der Waals surface area contributed by atoms with Crippen LogP contribution in [0.2, 0.25) is 18.7 Å². The maximum absolute atomic E-state index is 13.8. The van der Waals surface area contributed by atoms with Crippen LogP contribution in [-0.2, 0) is 38.1 Å². The largest absolute Gasteiger partial charge is 0.460 e. The van der Waals surface area contributed by atoms with E-state index in [1.165, 1.54) is 22.7 Å². The third kappa shape index (κ3) is 14.0. The number of esters is 2. The van der Waals surface area contributed by atoms with E-state index in [9.17, 15) is 19.2 Å². The molecule has 10 nitrogen and oxygen atoms in total. The number of hydrogen-bond acceptors (Lipinski definition) is 10. The number of nitrogens with zero attached hydrogens (tertiary/aromatic N) is 2. The molecule has 6 atom stereocenters. The molecule has 4 heterocycles. The number of amides is 2. The van der Waals surface area contributed by atoms with E-state index in [1.54, 1.807) is 53.7 Å². The minimum absolute atomic E-state index is 0.0184. The normalized spacial score (nSPS) is 21.5. The number of carbonyl (C=O) groups is 4. The average Bonchev–Trinajstić information content (AvgIpc) is 3.87. The van der Waals surface area contributed by atoms with Gasteiger partial charge in [-0.05, 0) is 127 Å². The van der Waals surface area contributed by atoms with E-state index in [2.05, 4.69) is 27.7 Å². The van der Waals surface area contributed by atoms with Crippen LogP contribution in [-0.4, -0.2) is 69.0 Å². The Morgan fingerprint density at radius 1 is 0.591 bits per heavy atom. The highest BCUT2D eigenvalue weighted by atomic mass is 35.5. The molecule has 0 bridgehead atoms. The van der Waals surface area contributed by atoms with Crippen molar-refractivity contribution in [1.82, 2.24) is 9.80 Å². The summed E-state index contributed by atoms with van der Waals surface area (Å²) in [6.07, 6.45) is -0.110. The Balaban J connectivity index is 0.000000247. The maximum atomic E-state index is 13.8. The van der Waals surface area contributed by atoms with E-state index in [0.29, 0.717) is 18.7 Å². The van der Waals surface area contributed by atoms with Gasteiger partial charge in [-0.25, -0.2) is 0 Å². The standard InChI is InChI=1S/2C25H31Cl2NO4S/c2*1-6-17(7-2)28-22(19-11-12-20(27)33-19)23(15-9-8-10-16(26)13-15)31-18(24(28)30)14-21(29)32-25(3,4)5/h2*8-13,17-18,22-23H,6-7,14H2,1-5H3/t18-,22?,23?;18-,22-,23?/m01/s1. The van der Waals surface area contributed by atoms with Crippen molar-refractivity contribution in [1.29, 1.82) is 0 Å². The second-order valence-electron chi connectivity index (χ2n) is 18.4. The van der Waals surface area contributed by atoms with Gasteiger partial charge in [0.25, 0.3) is 11.8 Å². The van der Waals surface area contributed by atoms with Gasteiger partial charge in [-0.1, -0.05) is 98.4 Å². The van der Waals surface area contributed by atoms with Crippen molar-refractivity contribution in [3.63, 3.8) is 0 Å². The van der Waals surface area contributed by atoms with E-state index in [-0.39, 0.29) is 48.8 Å². The second-order valence-corrected chi connectivity index (χ2v) is 22.8. The average molecular weight is 1020 g/mol. The fraction of sp³-hybridized carbons (Fsp3) is 0.520. The lowest BCUT2D eigenvalue weighted by Crippen LogP contribution is -2.55. The van der Waals surface area contributed by atoms with E-state index < -0.39 is 47.6 Å². The minimum atomic E-state index is -0.948. The molecule has 0 N–H and O–H groups in total. The lowest BCUT2D eigenvalue weighted by Gasteiger charge is -2.47. The molecule has 360 valence electrons. The number of carbonyl (C=O) groups excluding carboxylic acids is 4. The first-order valence-corrected chi connectivity index (χ1v) is 25.6. The SMILES string of the molecule is CCC(CC)N1C(=O)[C@@H](CC(=O)OC(C)(C)C)OC(c2cccc(Cl)c2)[C@H]1c1ccc(Cl)s1.CCC(CC)N1C(=O)[C@H](CC(=O)OC(C)(C)C)OC(c2cccc(Cl)c2)C1c1ccc(Cl)s1. The Morgan fingerprint density at radius 2 is 0.939 bits per heavy atom. The van der Waals surface area contributed by atoms with Crippen LogP contribution < -0.4 is 0 Å². The Morgan fingerprint density at radius 3 is 1.21 bits per heavy atom. The first-order chi connectivity index (χ1) is 31.1. The van der Waals surface area contributed by atoms with Crippen molar-refractivity contribution in [2.24, 2.45) is 0 Å². The number of halogens is 4. The molecular formula is C50H62Cl4N2O8S2. The Bertz CT molecular complexity index is 2120. The predicted octanol–water partition coefficient (Wildman–Crippen LogP) is 14.0. The lowest BCUT2D eigenvalue weighted by molar-refractivity contribution is -0.186. The molecule has 2 aromatic heterocycles. The molecule has 2 aliphatic rings. The van der Waals surface area contributed by atoms with Gasteiger partial charge in [0.05, 0.1) is 33.6 Å². The van der Waals surface area contributed by atoms with Crippen LogP contribution >= 0.6 is 69.1 Å². The van der Waals surface area contributed by atoms with Crippen LogP contribution in [0.25, 0.3) is 0 Å². The van der Waals surface area contributed by atoms with Gasteiger partial charge in [-0.2, -0.15) is 0 Å². The van der Waals surface area contributed by atoms with Gasteiger partial charge >= 0.3 is 11.9 Å². The van der Waals surface area contributed by atoms with Crippen molar-refractivity contribution in [3.8, 4) is 0 Å². The lowest BCUT2D eigenvalue weighted by atomic mass is 9.92. The van der Waals surface area contributed by atoms with E-state index in [1.807, 2.05) is 70.5 Å². The highest BCUT2D eigenvalue weighted by molar-refractivity contribution is 7.16. The van der Waals surface area contributed by atoms with Crippen molar-refractivity contribution in [3.05, 3.63) is 112 Å². The van der Waals surface area contributed by atoms with Gasteiger partial charge in [0, 0.05) is 31.9 Å². The van der Waals surface area contributed by atoms with E-state index >= 15 is 0 Å². The van der Waals surface area contributed by atoms with Gasteiger partial charge in [0.1, 0.15) is 35.6 Å². The van der Waals surface area contributed by atoms with Gasteiger partial charge in [0.15, 0.2) is 0 Å². The highest BCUT2D eigenvalue weighted by Crippen LogP contribution is 2.49. The fourth-order valence-electron chi connectivity index (χ4n) is 8.47. The molecule has 6 rings (SSSR count). The number of rotatable bonds is 14. The molecule has 66 heavy (non-hydrogen) atoms. The zero-order valence-electron chi connectivity index (χ0n) is 39.3. The number of hydrogen-bond donors (Lipinski definition) is 0. The summed E-state index contributed by atoms with van der Waals surface area (Å²) in [4.78, 5) is 58.4. The fourth-order valence-corrected chi connectivity index (χ4v) is 11.2. The smallest absolute Gasteiger partial charge is 0.309 e. The van der Waals surface area contributed by atoms with Crippen molar-refractivity contribution in [2.75, 3.05) is 0 Å². The summed E-state index contributed by atoms with van der Waals surface area (Å²) >= 11 is 28.0. The molecule has 3 unspecified atom stereocenters. The predicted molar refractivity (Wildman–Crippen MR) is 266 cm³/mol. The van der Waals surface area contributed by atoms with Crippen molar-refractivity contribution >= 4 is 92.8 Å². The summed E-state index contributed by atoms with van der Waals surface area (Å²) < 4.78 is 25.0. The number of benzene rings is 2. The zero-order valence-corrected chi connectivity index (χ0v) is 43.9. The summed E-state index contributed by atoms with van der Waals surface area (Å²) in [7, 11) is 0. The summed E-state index contributed by atoms with van der Waals surface area (Å²) in [6.45, 7) is 19.1. The minimum Gasteiger partial charge on any atom is -0.460 e. The molecular weight excluding hydrogens is 963 g/mol. The molecule has 2 fully saturated rings. The summed E-state index contributed by atoms with van der Waals surface area (Å²) in [5.74, 6) is -1.34. The molecule has 2 aliphatic heterocycles. The van der Waals surface area contributed by atoms with Crippen molar-refractivity contribution < 1.29 is 38.1 Å². The molecule has 2 aromatic carbocycles. The molecule has 0 spiro atoms. The van der Waals surface area contributed by atoms with Gasteiger partial charge < -0.3 is 28.7 Å². The maximum Gasteiger partial charge on any atom is 0.309 e. The molecule has 16 heteroatoms. The first kappa shape index (κ1) is 53.8. The van der Waals surface area contributed by atoms with Gasteiger partial charge in [-0.3, -0.25) is 19.2 Å². The molecule has 0 saturated carbocycles. The van der Waals surface area contributed by atoms with Crippen LogP contribution in [0, 0.1) is 0 Å². The van der Waals surface area contributed by atoms with Crippen LogP contribution in [0.1, 0.15) is 153 Å². The topological polar surface area (TPSA) is 112 Å². The van der Waals surface area contributed by atoms with Crippen LogP contribution in [0.15, 0.2) is 72.8 Å². The Kier molecular flexibility index (Phi) is 19.1. The van der Waals surface area contributed by atoms with Crippen LogP contribution in [0.3, 0.4) is 0 Å². The van der Waals surface area contributed by atoms with E-state index in [4.69, 9.17) is 65.4 Å². The quantitative estimate of drug-likeness (QED) is 0.115. The molecule has 2 amide bonds. The first-order valence-electron chi connectivity index (χ1n) is 22.5. The number of thiophene rings is 2. The summed E-state index contributed by atoms with van der Waals surface area (Å²) in [5.41, 5.74) is 0.392. The third-order valence-electron chi connectivity index (χ3n) is 11.2. The second kappa shape index (κ2) is 23.4. The molecule has 2 saturated heterocycles. The summed E-state index contributed by atoms with van der Waals surface area (Å²) in [5, 5.41) is 1.16. The van der Waals surface area contributed by atoms with Crippen LogP contribution in [0.4, 0.5) is 0 Å². The monoisotopic (exact) mass is 1020 g/mol. The molecule has 4 aromatic rings.